The van der Waals surface area contributed by atoms with Crippen LogP contribution in [0.2, 0.25) is 0 Å². The van der Waals surface area contributed by atoms with Gasteiger partial charge in [0.2, 0.25) is 0 Å². The normalized spacial score (nSPS) is 13.0. The van der Waals surface area contributed by atoms with E-state index in [1.807, 2.05) is 0 Å². The number of hydrogen-bond acceptors (Lipinski definition) is 5. The van der Waals surface area contributed by atoms with Crippen LogP contribution in [0.25, 0.3) is 0 Å². The summed E-state index contributed by atoms with van der Waals surface area (Å²) in [4.78, 5) is 12.6. The molecule has 28 heavy (non-hydrogen) atoms. The van der Waals surface area contributed by atoms with Crippen molar-refractivity contribution < 1.29 is 18.3 Å². The number of fused-ring (bicyclic) bond motifs is 1. The first-order valence-corrected chi connectivity index (χ1v) is 10.2. The Balaban J connectivity index is 1.57. The second kappa shape index (κ2) is 6.72. The zero-order chi connectivity index (χ0) is 19.9. The molecule has 2 heterocycles. The molecule has 0 radical (unpaired) electrons. The Labute approximate surface area is 162 Å². The molecule has 7 nitrogen and oxygen atoms in total. The fraction of sp³-hybridized carbons (Fsp3) is 0.150. The summed E-state index contributed by atoms with van der Waals surface area (Å²) in [5.41, 5.74) is 3.24. The molecule has 0 saturated heterocycles. The first-order valence-electron chi connectivity index (χ1n) is 8.76. The Hall–Kier alpha value is -3.26. The zero-order valence-electron chi connectivity index (χ0n) is 15.1. The Morgan fingerprint density at radius 3 is 2.79 bits per heavy atom. The smallest absolute Gasteiger partial charge is 0.267 e. The van der Waals surface area contributed by atoms with Crippen LogP contribution in [-0.4, -0.2) is 29.9 Å². The number of amides is 1. The lowest BCUT2D eigenvalue weighted by Gasteiger charge is -2.08. The van der Waals surface area contributed by atoms with E-state index in [1.165, 1.54) is 24.5 Å². The van der Waals surface area contributed by atoms with E-state index in [0.29, 0.717) is 11.3 Å². The van der Waals surface area contributed by atoms with Gasteiger partial charge in [0.25, 0.3) is 15.9 Å². The predicted molar refractivity (Wildman–Crippen MR) is 106 cm³/mol. The summed E-state index contributed by atoms with van der Waals surface area (Å²) in [6, 6.07) is 11.2. The van der Waals surface area contributed by atoms with Gasteiger partial charge in [-0.25, -0.2) is 12.4 Å². The van der Waals surface area contributed by atoms with E-state index >= 15 is 0 Å². The lowest BCUT2D eigenvalue weighted by molar-refractivity contribution is 0.102. The minimum atomic E-state index is -3.79. The number of aryl methyl sites for hydroxylation is 1. The Bertz CT molecular complexity index is 1180. The monoisotopic (exact) mass is 397 g/mol. The van der Waals surface area contributed by atoms with Gasteiger partial charge in [-0.2, -0.15) is 0 Å². The minimum Gasteiger partial charge on any atom is -0.508 e. The molecule has 4 rings (SSSR count). The summed E-state index contributed by atoms with van der Waals surface area (Å²) in [6.45, 7) is 2.54. The van der Waals surface area contributed by atoms with Gasteiger partial charge >= 0.3 is 0 Å². The number of carbonyl (C=O) groups is 1. The van der Waals surface area contributed by atoms with Crippen LogP contribution in [0.3, 0.4) is 0 Å². The molecule has 2 aromatic carbocycles. The molecule has 0 fully saturated rings. The van der Waals surface area contributed by atoms with Crippen LogP contribution in [0, 0.1) is 6.92 Å². The zero-order valence-corrected chi connectivity index (χ0v) is 16.0. The maximum atomic E-state index is 12.9. The van der Waals surface area contributed by atoms with Crippen LogP contribution in [0.5, 0.6) is 5.75 Å². The van der Waals surface area contributed by atoms with E-state index in [2.05, 4.69) is 10.6 Å². The number of anilines is 2. The SMILES string of the molecule is Cc1ccc(NC(=O)c2ccn(S(=O)(=O)c3ccc4c(c3)CCN4)c2)cc1O. The number of phenolic OH excluding ortho intramolecular Hbond substituents is 1. The standard InChI is InChI=1S/C20H19N3O4S/c1-13-2-3-16(11-19(13)24)22-20(25)15-7-9-23(12-15)28(26,27)17-4-5-18-14(10-17)6-8-21-18/h2-5,7,9-12,21,24H,6,8H2,1H3,(H,22,25). The van der Waals surface area contributed by atoms with Crippen molar-refractivity contribution in [3.8, 4) is 5.75 Å². The second-order valence-electron chi connectivity index (χ2n) is 6.69. The van der Waals surface area contributed by atoms with Gasteiger partial charge in [-0.05, 0) is 54.8 Å². The van der Waals surface area contributed by atoms with Gasteiger partial charge in [0.05, 0.1) is 10.5 Å². The number of nitrogens with one attached hydrogen (secondary N) is 2. The Morgan fingerprint density at radius 1 is 1.18 bits per heavy atom. The molecular formula is C20H19N3O4S. The van der Waals surface area contributed by atoms with Crippen LogP contribution < -0.4 is 10.6 Å². The number of carbonyl (C=O) groups excluding carboxylic acids is 1. The number of rotatable bonds is 4. The summed E-state index contributed by atoms with van der Waals surface area (Å²) in [7, 11) is -3.79. The van der Waals surface area contributed by atoms with Gasteiger partial charge in [0, 0.05) is 36.4 Å². The quantitative estimate of drug-likeness (QED) is 0.628. The summed E-state index contributed by atoms with van der Waals surface area (Å²) in [6.07, 6.45) is 3.41. The summed E-state index contributed by atoms with van der Waals surface area (Å²) < 4.78 is 26.8. The van der Waals surface area contributed by atoms with E-state index in [9.17, 15) is 18.3 Å². The van der Waals surface area contributed by atoms with Crippen molar-refractivity contribution in [2.75, 3.05) is 17.2 Å². The van der Waals surface area contributed by atoms with Crippen LogP contribution >= 0.6 is 0 Å². The van der Waals surface area contributed by atoms with Gasteiger partial charge in [-0.1, -0.05) is 6.07 Å². The molecule has 144 valence electrons. The lowest BCUT2D eigenvalue weighted by Crippen LogP contribution is -2.13. The van der Waals surface area contributed by atoms with E-state index in [0.717, 1.165) is 28.2 Å². The Morgan fingerprint density at radius 2 is 2.00 bits per heavy atom. The van der Waals surface area contributed by atoms with E-state index < -0.39 is 15.9 Å². The highest BCUT2D eigenvalue weighted by Gasteiger charge is 2.21. The largest absolute Gasteiger partial charge is 0.508 e. The van der Waals surface area contributed by atoms with E-state index in [-0.39, 0.29) is 16.2 Å². The molecule has 0 atom stereocenters. The maximum Gasteiger partial charge on any atom is 0.267 e. The molecule has 3 N–H and O–H groups in total. The van der Waals surface area contributed by atoms with E-state index in [4.69, 9.17) is 0 Å². The summed E-state index contributed by atoms with van der Waals surface area (Å²) in [5.74, 6) is -0.389. The highest BCUT2D eigenvalue weighted by atomic mass is 32.2. The fourth-order valence-electron chi connectivity index (χ4n) is 3.11. The molecule has 3 aromatic rings. The maximum absolute atomic E-state index is 12.9. The topological polar surface area (TPSA) is 100 Å². The van der Waals surface area contributed by atoms with Gasteiger partial charge in [-0.15, -0.1) is 0 Å². The molecule has 1 aliphatic heterocycles. The molecule has 0 spiro atoms. The van der Waals surface area contributed by atoms with Crippen LogP contribution in [0.15, 0.2) is 59.8 Å². The highest BCUT2D eigenvalue weighted by molar-refractivity contribution is 7.90. The van der Waals surface area contributed by atoms with Gasteiger partial charge in [0.15, 0.2) is 0 Å². The predicted octanol–water partition coefficient (Wildman–Crippen LogP) is 2.96. The average Bonchev–Trinajstić information content (AvgIpc) is 3.33. The molecular weight excluding hydrogens is 378 g/mol. The van der Waals surface area contributed by atoms with Crippen molar-refractivity contribution >= 4 is 27.3 Å². The Kier molecular flexibility index (Phi) is 4.35. The molecule has 0 saturated carbocycles. The number of aromatic nitrogens is 1. The summed E-state index contributed by atoms with van der Waals surface area (Å²) >= 11 is 0. The molecule has 1 aromatic heterocycles. The van der Waals surface area contributed by atoms with Crippen molar-refractivity contribution in [2.45, 2.75) is 18.2 Å². The van der Waals surface area contributed by atoms with Crippen LogP contribution in [0.1, 0.15) is 21.5 Å². The van der Waals surface area contributed by atoms with Crippen molar-refractivity contribution in [1.29, 1.82) is 0 Å². The number of hydrogen-bond donors (Lipinski definition) is 3. The molecule has 0 unspecified atom stereocenters. The number of benzene rings is 2. The molecule has 1 amide bonds. The lowest BCUT2D eigenvalue weighted by atomic mass is 10.2. The molecule has 0 aliphatic carbocycles. The molecule has 1 aliphatic rings. The summed E-state index contributed by atoms with van der Waals surface area (Å²) in [5, 5.41) is 15.6. The van der Waals surface area contributed by atoms with Crippen LogP contribution in [0.4, 0.5) is 11.4 Å². The highest BCUT2D eigenvalue weighted by Crippen LogP contribution is 2.26. The molecule has 8 heteroatoms. The van der Waals surface area contributed by atoms with Crippen molar-refractivity contribution in [2.24, 2.45) is 0 Å². The third-order valence-electron chi connectivity index (χ3n) is 4.76. The van der Waals surface area contributed by atoms with Gasteiger partial charge in [-0.3, -0.25) is 4.79 Å². The van der Waals surface area contributed by atoms with Crippen molar-refractivity contribution in [1.82, 2.24) is 3.97 Å². The van der Waals surface area contributed by atoms with Crippen molar-refractivity contribution in [3.05, 3.63) is 71.5 Å². The second-order valence-corrected chi connectivity index (χ2v) is 8.53. The van der Waals surface area contributed by atoms with Gasteiger partial charge < -0.3 is 15.7 Å². The third-order valence-corrected chi connectivity index (χ3v) is 6.39. The van der Waals surface area contributed by atoms with Crippen molar-refractivity contribution in [3.63, 3.8) is 0 Å². The average molecular weight is 397 g/mol. The van der Waals surface area contributed by atoms with Crippen LogP contribution in [-0.2, 0) is 16.4 Å². The third kappa shape index (κ3) is 3.22. The number of nitrogens with zero attached hydrogens (tertiary/aromatic N) is 1. The molecule has 0 bridgehead atoms. The number of aromatic hydroxyl groups is 1. The number of phenols is 1. The first-order chi connectivity index (χ1) is 13.3. The van der Waals surface area contributed by atoms with E-state index in [1.54, 1.807) is 37.3 Å². The first kappa shape index (κ1) is 18.1. The minimum absolute atomic E-state index is 0.0732. The van der Waals surface area contributed by atoms with Gasteiger partial charge in [0.1, 0.15) is 5.75 Å². The fourth-order valence-corrected chi connectivity index (χ4v) is 4.36.